The predicted molar refractivity (Wildman–Crippen MR) is 107 cm³/mol. The van der Waals surface area contributed by atoms with Crippen molar-refractivity contribution < 1.29 is 13.2 Å². The molecule has 3 rings (SSSR count). The second-order valence-corrected chi connectivity index (χ2v) is 9.48. The number of carbonyl (C=O) groups is 1. The van der Waals surface area contributed by atoms with Crippen molar-refractivity contribution >= 4 is 27.3 Å². The Morgan fingerprint density at radius 3 is 2.57 bits per heavy atom. The van der Waals surface area contributed by atoms with E-state index in [4.69, 9.17) is 0 Å². The molecule has 0 bridgehead atoms. The van der Waals surface area contributed by atoms with Crippen LogP contribution in [-0.4, -0.2) is 56.3 Å². The van der Waals surface area contributed by atoms with Crippen LogP contribution >= 0.6 is 11.3 Å². The van der Waals surface area contributed by atoms with Gasteiger partial charge in [-0.25, -0.2) is 8.42 Å². The van der Waals surface area contributed by atoms with Gasteiger partial charge < -0.3 is 5.32 Å². The monoisotopic (exact) mass is 418 g/mol. The third-order valence-electron chi connectivity index (χ3n) is 4.67. The second-order valence-electron chi connectivity index (χ2n) is 6.59. The Morgan fingerprint density at radius 2 is 1.93 bits per heavy atom. The molecule has 1 aromatic heterocycles. The Morgan fingerprint density at radius 1 is 1.21 bits per heavy atom. The molecule has 1 aliphatic heterocycles. The number of rotatable bonds is 6. The molecule has 0 radical (unpaired) electrons. The SMILES string of the molecule is C[C@@H](NC(=O)CN1CCN(S(=O)(=O)c2ccccc2C#N)CC1)c1cccs1. The Balaban J connectivity index is 1.55. The normalized spacial score (nSPS) is 17.0. The lowest BCUT2D eigenvalue weighted by Crippen LogP contribution is -2.51. The molecule has 28 heavy (non-hydrogen) atoms. The lowest BCUT2D eigenvalue weighted by molar-refractivity contribution is -0.123. The number of hydrogen-bond acceptors (Lipinski definition) is 6. The van der Waals surface area contributed by atoms with E-state index in [1.165, 1.54) is 16.4 Å². The molecule has 1 N–H and O–H groups in total. The van der Waals surface area contributed by atoms with Gasteiger partial charge in [-0.3, -0.25) is 9.69 Å². The van der Waals surface area contributed by atoms with Crippen LogP contribution in [0.1, 0.15) is 23.4 Å². The van der Waals surface area contributed by atoms with Crippen LogP contribution in [0.15, 0.2) is 46.7 Å². The summed E-state index contributed by atoms with van der Waals surface area (Å²) < 4.78 is 27.1. The highest BCUT2D eigenvalue weighted by atomic mass is 32.2. The Hall–Kier alpha value is -2.25. The minimum absolute atomic E-state index is 0.0356. The number of thiophene rings is 1. The molecular weight excluding hydrogens is 396 g/mol. The average molecular weight is 419 g/mol. The van der Waals surface area contributed by atoms with Crippen molar-refractivity contribution in [1.82, 2.24) is 14.5 Å². The minimum atomic E-state index is -3.72. The number of amides is 1. The number of sulfonamides is 1. The Bertz CT molecular complexity index is 959. The Labute approximate surface area is 169 Å². The van der Waals surface area contributed by atoms with E-state index >= 15 is 0 Å². The summed E-state index contributed by atoms with van der Waals surface area (Å²) in [5.41, 5.74) is 0.145. The molecule has 7 nitrogen and oxygen atoms in total. The van der Waals surface area contributed by atoms with Crippen LogP contribution in [0.3, 0.4) is 0 Å². The maximum Gasteiger partial charge on any atom is 0.244 e. The van der Waals surface area contributed by atoms with E-state index in [0.717, 1.165) is 4.88 Å². The van der Waals surface area contributed by atoms with Crippen molar-refractivity contribution in [3.05, 3.63) is 52.2 Å². The molecule has 1 aromatic carbocycles. The van der Waals surface area contributed by atoms with Gasteiger partial charge in [-0.15, -0.1) is 11.3 Å². The predicted octanol–water partition coefficient (Wildman–Crippen LogP) is 1.80. The number of nitrogens with zero attached hydrogens (tertiary/aromatic N) is 3. The molecule has 0 aliphatic carbocycles. The van der Waals surface area contributed by atoms with Gasteiger partial charge in [0, 0.05) is 31.1 Å². The summed E-state index contributed by atoms with van der Waals surface area (Å²) in [5.74, 6) is -0.0768. The van der Waals surface area contributed by atoms with Gasteiger partial charge in [0.2, 0.25) is 15.9 Å². The van der Waals surface area contributed by atoms with Crippen LogP contribution in [0.2, 0.25) is 0 Å². The van der Waals surface area contributed by atoms with Gasteiger partial charge in [-0.1, -0.05) is 18.2 Å². The molecule has 0 unspecified atom stereocenters. The van der Waals surface area contributed by atoms with E-state index < -0.39 is 10.0 Å². The summed E-state index contributed by atoms with van der Waals surface area (Å²) >= 11 is 1.60. The van der Waals surface area contributed by atoms with Gasteiger partial charge in [-0.05, 0) is 30.5 Å². The summed E-state index contributed by atoms with van der Waals surface area (Å²) in [6, 6.07) is 12.0. The summed E-state index contributed by atoms with van der Waals surface area (Å²) in [4.78, 5) is 15.4. The number of hydrogen-bond donors (Lipinski definition) is 1. The first-order chi connectivity index (χ1) is 13.4. The molecule has 9 heteroatoms. The largest absolute Gasteiger partial charge is 0.348 e. The fourth-order valence-corrected chi connectivity index (χ4v) is 5.45. The summed E-state index contributed by atoms with van der Waals surface area (Å²) in [6.07, 6.45) is 0. The number of nitriles is 1. The van der Waals surface area contributed by atoms with Crippen LogP contribution in [-0.2, 0) is 14.8 Å². The zero-order chi connectivity index (χ0) is 20.1. The summed E-state index contributed by atoms with van der Waals surface area (Å²) in [7, 11) is -3.72. The van der Waals surface area contributed by atoms with Crippen LogP contribution in [0.25, 0.3) is 0 Å². The van der Waals surface area contributed by atoms with E-state index in [1.54, 1.807) is 23.5 Å². The summed E-state index contributed by atoms with van der Waals surface area (Å²) in [6.45, 7) is 3.69. The van der Waals surface area contributed by atoms with Gasteiger partial charge in [0.05, 0.1) is 23.0 Å². The lowest BCUT2D eigenvalue weighted by Gasteiger charge is -2.33. The van der Waals surface area contributed by atoms with Crippen LogP contribution < -0.4 is 5.32 Å². The number of carbonyl (C=O) groups excluding carboxylic acids is 1. The smallest absolute Gasteiger partial charge is 0.244 e. The number of benzene rings is 1. The average Bonchev–Trinajstić information content (AvgIpc) is 3.23. The van der Waals surface area contributed by atoms with E-state index in [2.05, 4.69) is 5.32 Å². The quantitative estimate of drug-likeness (QED) is 0.772. The maximum absolute atomic E-state index is 12.9. The van der Waals surface area contributed by atoms with Gasteiger partial charge in [0.1, 0.15) is 6.07 Å². The highest BCUT2D eigenvalue weighted by Crippen LogP contribution is 2.21. The first-order valence-electron chi connectivity index (χ1n) is 8.96. The summed E-state index contributed by atoms with van der Waals surface area (Å²) in [5, 5.41) is 14.1. The molecule has 2 heterocycles. The molecule has 0 spiro atoms. The molecule has 0 saturated carbocycles. The molecule has 1 amide bonds. The van der Waals surface area contributed by atoms with Crippen molar-refractivity contribution in [3.8, 4) is 6.07 Å². The number of piperazine rings is 1. The van der Waals surface area contributed by atoms with Crippen molar-refractivity contribution in [2.24, 2.45) is 0 Å². The molecular formula is C19H22N4O3S2. The van der Waals surface area contributed by atoms with E-state index in [0.29, 0.717) is 13.1 Å². The van der Waals surface area contributed by atoms with E-state index in [9.17, 15) is 18.5 Å². The highest BCUT2D eigenvalue weighted by Gasteiger charge is 2.30. The molecule has 1 fully saturated rings. The molecule has 1 aliphatic rings. The molecule has 2 aromatic rings. The standard InChI is InChI=1S/C19H22N4O3S2/c1-15(17-6-4-12-27-17)21-19(24)14-22-8-10-23(11-9-22)28(25,26)18-7-3-2-5-16(18)13-20/h2-7,12,15H,8-11,14H2,1H3,(H,21,24)/t15-/m1/s1. The van der Waals surface area contributed by atoms with E-state index in [-0.39, 0.29) is 42.0 Å². The lowest BCUT2D eigenvalue weighted by atomic mass is 10.2. The van der Waals surface area contributed by atoms with Crippen molar-refractivity contribution in [2.45, 2.75) is 17.9 Å². The molecule has 1 atom stereocenters. The fraction of sp³-hybridized carbons (Fsp3) is 0.368. The van der Waals surface area contributed by atoms with Crippen LogP contribution in [0.5, 0.6) is 0 Å². The van der Waals surface area contributed by atoms with Crippen molar-refractivity contribution in [1.29, 1.82) is 5.26 Å². The van der Waals surface area contributed by atoms with Gasteiger partial charge in [0.15, 0.2) is 0 Å². The first kappa shape index (κ1) is 20.5. The molecule has 1 saturated heterocycles. The van der Waals surface area contributed by atoms with Crippen molar-refractivity contribution in [2.75, 3.05) is 32.7 Å². The highest BCUT2D eigenvalue weighted by molar-refractivity contribution is 7.89. The fourth-order valence-electron chi connectivity index (χ4n) is 3.15. The third kappa shape index (κ3) is 4.59. The van der Waals surface area contributed by atoms with E-state index in [1.807, 2.05) is 35.4 Å². The van der Waals surface area contributed by atoms with Crippen LogP contribution in [0.4, 0.5) is 0 Å². The van der Waals surface area contributed by atoms with Crippen LogP contribution in [0, 0.1) is 11.3 Å². The Kier molecular flexibility index (Phi) is 6.46. The topological polar surface area (TPSA) is 93.5 Å². The second kappa shape index (κ2) is 8.84. The zero-order valence-corrected chi connectivity index (χ0v) is 17.2. The van der Waals surface area contributed by atoms with Gasteiger partial charge >= 0.3 is 0 Å². The van der Waals surface area contributed by atoms with Crippen molar-refractivity contribution in [3.63, 3.8) is 0 Å². The maximum atomic E-state index is 12.9. The van der Waals surface area contributed by atoms with Gasteiger partial charge in [0.25, 0.3) is 0 Å². The minimum Gasteiger partial charge on any atom is -0.348 e. The number of nitrogens with one attached hydrogen (secondary N) is 1. The first-order valence-corrected chi connectivity index (χ1v) is 11.3. The van der Waals surface area contributed by atoms with Gasteiger partial charge in [-0.2, -0.15) is 9.57 Å². The molecule has 148 valence electrons. The zero-order valence-electron chi connectivity index (χ0n) is 15.5. The third-order valence-corrected chi connectivity index (χ3v) is 7.68.